The van der Waals surface area contributed by atoms with Gasteiger partial charge in [-0.05, 0) is 19.9 Å². The molecule has 1 fully saturated rings. The lowest BCUT2D eigenvalue weighted by Crippen LogP contribution is -2.45. The summed E-state index contributed by atoms with van der Waals surface area (Å²) in [7, 11) is -0.434. The number of hydrogen-bond donors (Lipinski definition) is 1. The zero-order valence-electron chi connectivity index (χ0n) is 11.1. The van der Waals surface area contributed by atoms with E-state index in [1.165, 1.54) is 7.11 Å². The van der Waals surface area contributed by atoms with E-state index in [1.807, 2.05) is 0 Å². The number of esters is 1. The second-order valence-electron chi connectivity index (χ2n) is 4.81. The van der Waals surface area contributed by atoms with Gasteiger partial charge in [-0.2, -0.15) is 0 Å². The SMILES string of the molecule is CNC1CCCCCCC1S(=O)(=O)CC(=O)OC. The summed E-state index contributed by atoms with van der Waals surface area (Å²) in [6.07, 6.45) is 5.65. The van der Waals surface area contributed by atoms with Gasteiger partial charge >= 0.3 is 5.97 Å². The van der Waals surface area contributed by atoms with E-state index >= 15 is 0 Å². The maximum atomic E-state index is 12.2. The van der Waals surface area contributed by atoms with Crippen LogP contribution in [0.3, 0.4) is 0 Å². The molecule has 0 radical (unpaired) electrons. The van der Waals surface area contributed by atoms with Crippen LogP contribution in [-0.4, -0.2) is 45.6 Å². The monoisotopic (exact) mass is 277 g/mol. The van der Waals surface area contributed by atoms with Crippen LogP contribution in [0.5, 0.6) is 0 Å². The molecule has 0 saturated heterocycles. The third-order valence-electron chi connectivity index (χ3n) is 3.58. The Labute approximate surface area is 109 Å². The highest BCUT2D eigenvalue weighted by Crippen LogP contribution is 2.23. The summed E-state index contributed by atoms with van der Waals surface area (Å²) in [6.45, 7) is 0. The summed E-state index contributed by atoms with van der Waals surface area (Å²) in [6, 6.07) is -0.0556. The summed E-state index contributed by atoms with van der Waals surface area (Å²) in [5.41, 5.74) is 0. The van der Waals surface area contributed by atoms with Gasteiger partial charge in [0.15, 0.2) is 9.84 Å². The number of nitrogens with one attached hydrogen (secondary N) is 1. The van der Waals surface area contributed by atoms with Crippen LogP contribution in [0.2, 0.25) is 0 Å². The van der Waals surface area contributed by atoms with E-state index in [4.69, 9.17) is 0 Å². The molecule has 1 aliphatic rings. The molecule has 2 unspecified atom stereocenters. The maximum Gasteiger partial charge on any atom is 0.320 e. The zero-order valence-corrected chi connectivity index (χ0v) is 12.0. The number of sulfone groups is 1. The molecule has 0 heterocycles. The minimum atomic E-state index is -3.43. The number of hydrogen-bond acceptors (Lipinski definition) is 5. The largest absolute Gasteiger partial charge is 0.468 e. The molecule has 18 heavy (non-hydrogen) atoms. The van der Waals surface area contributed by atoms with Crippen molar-refractivity contribution in [2.45, 2.75) is 49.8 Å². The average molecular weight is 277 g/mol. The van der Waals surface area contributed by atoms with Crippen molar-refractivity contribution in [1.82, 2.24) is 5.32 Å². The first-order valence-corrected chi connectivity index (χ1v) is 8.18. The Bertz CT molecular complexity index is 366. The molecular weight excluding hydrogens is 254 g/mol. The van der Waals surface area contributed by atoms with Crippen molar-refractivity contribution in [3.05, 3.63) is 0 Å². The third-order valence-corrected chi connectivity index (χ3v) is 5.71. The van der Waals surface area contributed by atoms with Gasteiger partial charge in [-0.25, -0.2) is 8.42 Å². The van der Waals surface area contributed by atoms with Crippen LogP contribution in [-0.2, 0) is 19.4 Å². The molecule has 1 rings (SSSR count). The molecular formula is C12H23NO4S. The third kappa shape index (κ3) is 4.24. The summed E-state index contributed by atoms with van der Waals surface area (Å²) < 4.78 is 29.0. The molecule has 0 aromatic rings. The highest BCUT2D eigenvalue weighted by Gasteiger charge is 2.34. The van der Waals surface area contributed by atoms with E-state index in [2.05, 4.69) is 10.1 Å². The second-order valence-corrected chi connectivity index (χ2v) is 7.03. The van der Waals surface area contributed by atoms with Crippen molar-refractivity contribution in [1.29, 1.82) is 0 Å². The number of carbonyl (C=O) groups excluding carboxylic acids is 1. The topological polar surface area (TPSA) is 72.5 Å². The first-order chi connectivity index (χ1) is 8.51. The van der Waals surface area contributed by atoms with Crippen LogP contribution in [0.25, 0.3) is 0 Å². The Morgan fingerprint density at radius 2 is 1.83 bits per heavy atom. The minimum absolute atomic E-state index is 0.0556. The van der Waals surface area contributed by atoms with Gasteiger partial charge in [0.25, 0.3) is 0 Å². The molecule has 0 spiro atoms. The smallest absolute Gasteiger partial charge is 0.320 e. The molecule has 5 nitrogen and oxygen atoms in total. The lowest BCUT2D eigenvalue weighted by molar-refractivity contribution is -0.137. The number of methoxy groups -OCH3 is 1. The Morgan fingerprint density at radius 3 is 2.39 bits per heavy atom. The fourth-order valence-electron chi connectivity index (χ4n) is 2.54. The standard InChI is InChI=1S/C12H23NO4S/c1-13-10-7-5-3-4-6-8-11(10)18(15,16)9-12(14)17-2/h10-11,13H,3-9H2,1-2H3. The molecule has 2 atom stereocenters. The molecule has 1 aliphatic carbocycles. The van der Waals surface area contributed by atoms with Crippen molar-refractivity contribution >= 4 is 15.8 Å². The molecule has 0 aromatic heterocycles. The molecule has 1 saturated carbocycles. The fourth-order valence-corrected chi connectivity index (χ4v) is 4.50. The normalized spacial score (nSPS) is 26.1. The van der Waals surface area contributed by atoms with E-state index in [-0.39, 0.29) is 6.04 Å². The number of carbonyl (C=O) groups is 1. The van der Waals surface area contributed by atoms with Crippen LogP contribution < -0.4 is 5.32 Å². The van der Waals surface area contributed by atoms with Crippen molar-refractivity contribution < 1.29 is 17.9 Å². The number of ether oxygens (including phenoxy) is 1. The summed E-state index contributed by atoms with van der Waals surface area (Å²) in [5.74, 6) is -1.18. The van der Waals surface area contributed by atoms with E-state index in [1.54, 1.807) is 7.05 Å². The molecule has 0 bridgehead atoms. The summed E-state index contributed by atoms with van der Waals surface area (Å²) in [5, 5.41) is 2.62. The van der Waals surface area contributed by atoms with Crippen LogP contribution >= 0.6 is 0 Å². The van der Waals surface area contributed by atoms with Gasteiger partial charge in [0.2, 0.25) is 0 Å². The van der Waals surface area contributed by atoms with Gasteiger partial charge in [0.05, 0.1) is 12.4 Å². The Kier molecular flexibility index (Phi) is 6.08. The van der Waals surface area contributed by atoms with Gasteiger partial charge in [-0.3, -0.25) is 4.79 Å². The van der Waals surface area contributed by atoms with Gasteiger partial charge in [-0.15, -0.1) is 0 Å². The van der Waals surface area contributed by atoms with Crippen LogP contribution in [0.15, 0.2) is 0 Å². The summed E-state index contributed by atoms with van der Waals surface area (Å²) >= 11 is 0. The van der Waals surface area contributed by atoms with E-state index in [0.29, 0.717) is 6.42 Å². The van der Waals surface area contributed by atoms with Gasteiger partial charge in [0, 0.05) is 6.04 Å². The van der Waals surface area contributed by atoms with E-state index in [0.717, 1.165) is 32.1 Å². The predicted molar refractivity (Wildman–Crippen MR) is 70.1 cm³/mol. The minimum Gasteiger partial charge on any atom is -0.468 e. The summed E-state index contributed by atoms with van der Waals surface area (Å²) in [4.78, 5) is 11.2. The van der Waals surface area contributed by atoms with Crippen LogP contribution in [0.4, 0.5) is 0 Å². The molecule has 106 valence electrons. The van der Waals surface area contributed by atoms with Gasteiger partial charge in [0.1, 0.15) is 5.75 Å². The van der Waals surface area contributed by atoms with Crippen molar-refractivity contribution in [3.8, 4) is 0 Å². The fraction of sp³-hybridized carbons (Fsp3) is 0.917. The first-order valence-electron chi connectivity index (χ1n) is 6.47. The van der Waals surface area contributed by atoms with Gasteiger partial charge < -0.3 is 10.1 Å². The molecule has 0 aliphatic heterocycles. The second kappa shape index (κ2) is 7.09. The zero-order chi connectivity index (χ0) is 13.6. The van der Waals surface area contributed by atoms with E-state index in [9.17, 15) is 13.2 Å². The first kappa shape index (κ1) is 15.4. The number of rotatable bonds is 4. The maximum absolute atomic E-state index is 12.2. The molecule has 1 N–H and O–H groups in total. The Morgan fingerprint density at radius 1 is 1.22 bits per heavy atom. The van der Waals surface area contributed by atoms with Crippen molar-refractivity contribution in [2.24, 2.45) is 0 Å². The Balaban J connectivity index is 2.82. The molecule has 0 amide bonds. The predicted octanol–water partition coefficient (Wildman–Crippen LogP) is 0.885. The van der Waals surface area contributed by atoms with Gasteiger partial charge in [-0.1, -0.05) is 25.7 Å². The quantitative estimate of drug-likeness (QED) is 0.772. The van der Waals surface area contributed by atoms with Crippen molar-refractivity contribution in [3.63, 3.8) is 0 Å². The van der Waals surface area contributed by atoms with Crippen molar-refractivity contribution in [2.75, 3.05) is 19.9 Å². The van der Waals surface area contributed by atoms with Crippen LogP contribution in [0.1, 0.15) is 38.5 Å². The highest BCUT2D eigenvalue weighted by molar-refractivity contribution is 7.92. The van der Waals surface area contributed by atoms with E-state index < -0.39 is 26.8 Å². The van der Waals surface area contributed by atoms with Crippen LogP contribution in [0, 0.1) is 0 Å². The highest BCUT2D eigenvalue weighted by atomic mass is 32.2. The lowest BCUT2D eigenvalue weighted by Gasteiger charge is -2.28. The average Bonchev–Trinajstić information content (AvgIpc) is 2.27. The Hall–Kier alpha value is -0.620. The molecule has 0 aromatic carbocycles. The lowest BCUT2D eigenvalue weighted by atomic mass is 9.96. The molecule has 6 heteroatoms.